The summed E-state index contributed by atoms with van der Waals surface area (Å²) in [5.74, 6) is 2.65. The maximum Gasteiger partial charge on any atom is 0.233 e. The summed E-state index contributed by atoms with van der Waals surface area (Å²) in [4.78, 5) is 15.0. The van der Waals surface area contributed by atoms with Gasteiger partial charge in [0.05, 0.1) is 10.8 Å². The Labute approximate surface area is 181 Å². The van der Waals surface area contributed by atoms with Gasteiger partial charge in [0.1, 0.15) is 12.4 Å². The summed E-state index contributed by atoms with van der Waals surface area (Å²) in [6.07, 6.45) is 7.41. The Balaban J connectivity index is 1.33. The number of ether oxygens (including phenoxy) is 1. The lowest BCUT2D eigenvalue weighted by molar-refractivity contribution is -0.134. The number of fused-ring (bicyclic) bond motifs is 1. The highest BCUT2D eigenvalue weighted by atomic mass is 35.5. The largest absolute Gasteiger partial charge is 0.484 e. The number of aromatic nitrogens is 3. The summed E-state index contributed by atoms with van der Waals surface area (Å²) >= 11 is 7.58. The number of benzene rings is 1. The highest BCUT2D eigenvalue weighted by Crippen LogP contribution is 2.35. The number of hydrogen-bond acceptors (Lipinski definition) is 5. The molecule has 1 amide bonds. The van der Waals surface area contributed by atoms with E-state index >= 15 is 0 Å². The van der Waals surface area contributed by atoms with Crippen LogP contribution in [0.25, 0.3) is 0 Å². The van der Waals surface area contributed by atoms with Crippen LogP contribution in [0.2, 0.25) is 5.02 Å². The first-order valence-electron chi connectivity index (χ1n) is 10.3. The number of thioether (sulfide) groups is 1. The molecule has 1 aromatic heterocycles. The van der Waals surface area contributed by atoms with E-state index in [0.717, 1.165) is 24.5 Å². The summed E-state index contributed by atoms with van der Waals surface area (Å²) in [6.45, 7) is 1.17. The smallest absolute Gasteiger partial charge is 0.233 e. The Morgan fingerprint density at radius 3 is 2.86 bits per heavy atom. The van der Waals surface area contributed by atoms with Gasteiger partial charge in [0, 0.05) is 19.6 Å². The van der Waals surface area contributed by atoms with Gasteiger partial charge in [-0.2, -0.15) is 0 Å². The Morgan fingerprint density at radius 2 is 2.00 bits per heavy atom. The second-order valence-electron chi connectivity index (χ2n) is 7.81. The Kier molecular flexibility index (Phi) is 6.65. The van der Waals surface area contributed by atoms with Crippen molar-refractivity contribution in [3.8, 4) is 5.75 Å². The minimum atomic E-state index is 0.225. The van der Waals surface area contributed by atoms with E-state index in [1.54, 1.807) is 6.07 Å². The van der Waals surface area contributed by atoms with Gasteiger partial charge in [-0.25, -0.2) is 0 Å². The number of piperidine rings is 1. The van der Waals surface area contributed by atoms with Crippen LogP contribution in [0.3, 0.4) is 0 Å². The molecule has 2 unspecified atom stereocenters. The van der Waals surface area contributed by atoms with Gasteiger partial charge >= 0.3 is 0 Å². The van der Waals surface area contributed by atoms with Crippen molar-refractivity contribution in [1.82, 2.24) is 19.7 Å². The monoisotopic (exact) mass is 434 g/mol. The predicted octanol–water partition coefficient (Wildman–Crippen LogP) is 4.32. The van der Waals surface area contributed by atoms with Gasteiger partial charge in [-0.05, 0) is 43.7 Å². The van der Waals surface area contributed by atoms with Gasteiger partial charge in [-0.3, -0.25) is 4.79 Å². The second-order valence-corrected chi connectivity index (χ2v) is 9.16. The van der Waals surface area contributed by atoms with Crippen LogP contribution >= 0.6 is 23.4 Å². The van der Waals surface area contributed by atoms with Gasteiger partial charge in [-0.15, -0.1) is 10.2 Å². The van der Waals surface area contributed by atoms with E-state index in [9.17, 15) is 4.79 Å². The number of nitrogens with zero attached hydrogens (tertiary/aromatic N) is 4. The van der Waals surface area contributed by atoms with Crippen LogP contribution in [0.5, 0.6) is 5.75 Å². The van der Waals surface area contributed by atoms with E-state index in [1.807, 2.05) is 29.8 Å². The molecule has 2 aromatic rings. The van der Waals surface area contributed by atoms with E-state index < -0.39 is 0 Å². The van der Waals surface area contributed by atoms with Crippen molar-refractivity contribution in [2.45, 2.75) is 56.3 Å². The van der Waals surface area contributed by atoms with Crippen LogP contribution in [0, 0.1) is 5.92 Å². The third kappa shape index (κ3) is 4.72. The lowest BCUT2D eigenvalue weighted by Crippen LogP contribution is -2.50. The fourth-order valence-electron chi connectivity index (χ4n) is 4.44. The summed E-state index contributed by atoms with van der Waals surface area (Å²) in [5.41, 5.74) is 0. The number of halogens is 1. The molecule has 0 spiro atoms. The lowest BCUT2D eigenvalue weighted by Gasteiger charge is -2.44. The Morgan fingerprint density at radius 1 is 1.21 bits per heavy atom. The molecule has 0 bridgehead atoms. The maximum atomic E-state index is 12.9. The van der Waals surface area contributed by atoms with E-state index in [4.69, 9.17) is 16.3 Å². The van der Waals surface area contributed by atoms with Crippen molar-refractivity contribution in [2.75, 3.05) is 12.3 Å². The van der Waals surface area contributed by atoms with Crippen molar-refractivity contribution in [1.29, 1.82) is 0 Å². The van der Waals surface area contributed by atoms with E-state index in [2.05, 4.69) is 15.1 Å². The molecule has 29 heavy (non-hydrogen) atoms. The molecule has 1 aliphatic heterocycles. The molecule has 156 valence electrons. The summed E-state index contributed by atoms with van der Waals surface area (Å²) in [7, 11) is 1.90. The average molecular weight is 435 g/mol. The topological polar surface area (TPSA) is 60.2 Å². The standard InChI is InChI=1S/C21H27ClN4O2S/c1-25-19(13-28-18-11-5-3-9-16(18)22)23-24-21(25)29-14-20(27)26-12-6-8-15-7-2-4-10-17(15)26/h3,5,9,11,15,17H,2,4,6-8,10,12-14H2,1H3. The molecule has 1 saturated carbocycles. The zero-order chi connectivity index (χ0) is 20.2. The van der Waals surface area contributed by atoms with Gasteiger partial charge < -0.3 is 14.2 Å². The minimum Gasteiger partial charge on any atom is -0.484 e. The zero-order valence-corrected chi connectivity index (χ0v) is 18.3. The number of carbonyl (C=O) groups is 1. The molecule has 4 rings (SSSR count). The third-order valence-electron chi connectivity index (χ3n) is 6.01. The SMILES string of the molecule is Cn1c(COc2ccccc2Cl)nnc1SCC(=O)N1CCCC2CCCCC21. The fourth-order valence-corrected chi connectivity index (χ4v) is 5.45. The van der Waals surface area contributed by atoms with Gasteiger partial charge in [-0.1, -0.05) is 48.3 Å². The maximum absolute atomic E-state index is 12.9. The molecule has 2 atom stereocenters. The van der Waals surface area contributed by atoms with Crippen LogP contribution in [0.15, 0.2) is 29.4 Å². The quantitative estimate of drug-likeness (QED) is 0.633. The summed E-state index contributed by atoms with van der Waals surface area (Å²) in [5, 5.41) is 9.75. The molecule has 6 nitrogen and oxygen atoms in total. The van der Waals surface area contributed by atoms with Crippen molar-refractivity contribution in [2.24, 2.45) is 13.0 Å². The first-order chi connectivity index (χ1) is 14.1. The summed E-state index contributed by atoms with van der Waals surface area (Å²) in [6, 6.07) is 7.80. The van der Waals surface area contributed by atoms with Crippen molar-refractivity contribution in [3.63, 3.8) is 0 Å². The molecule has 0 radical (unpaired) electrons. The van der Waals surface area contributed by atoms with Crippen molar-refractivity contribution < 1.29 is 9.53 Å². The second kappa shape index (κ2) is 9.39. The van der Waals surface area contributed by atoms with Crippen LogP contribution in [0.4, 0.5) is 0 Å². The Bertz CT molecular complexity index is 857. The van der Waals surface area contributed by atoms with Crippen LogP contribution in [-0.4, -0.2) is 43.9 Å². The highest BCUT2D eigenvalue weighted by Gasteiger charge is 2.35. The highest BCUT2D eigenvalue weighted by molar-refractivity contribution is 7.99. The summed E-state index contributed by atoms with van der Waals surface area (Å²) < 4.78 is 7.64. The predicted molar refractivity (Wildman–Crippen MR) is 114 cm³/mol. The number of amides is 1. The first kappa shape index (κ1) is 20.5. The molecule has 2 heterocycles. The van der Waals surface area contributed by atoms with Crippen LogP contribution in [0.1, 0.15) is 44.3 Å². The van der Waals surface area contributed by atoms with Gasteiger partial charge in [0.2, 0.25) is 5.91 Å². The number of rotatable bonds is 6. The van der Waals surface area contributed by atoms with Crippen LogP contribution in [-0.2, 0) is 18.4 Å². The number of para-hydroxylation sites is 1. The van der Waals surface area contributed by atoms with E-state index in [1.165, 1.54) is 37.4 Å². The zero-order valence-electron chi connectivity index (χ0n) is 16.7. The molecule has 1 aliphatic carbocycles. The minimum absolute atomic E-state index is 0.225. The molecule has 8 heteroatoms. The van der Waals surface area contributed by atoms with Crippen LogP contribution < -0.4 is 4.74 Å². The Hall–Kier alpha value is -1.73. The number of hydrogen-bond donors (Lipinski definition) is 0. The van der Waals surface area contributed by atoms with E-state index in [0.29, 0.717) is 34.3 Å². The molecular weight excluding hydrogens is 408 g/mol. The molecule has 1 aromatic carbocycles. The molecule has 2 aliphatic rings. The number of carbonyl (C=O) groups excluding carboxylic acids is 1. The molecule has 0 N–H and O–H groups in total. The molecule has 1 saturated heterocycles. The molecule has 2 fully saturated rings. The van der Waals surface area contributed by atoms with Gasteiger partial charge in [0.15, 0.2) is 11.0 Å². The first-order valence-corrected chi connectivity index (χ1v) is 11.7. The van der Waals surface area contributed by atoms with Crippen molar-refractivity contribution >= 4 is 29.3 Å². The van der Waals surface area contributed by atoms with E-state index in [-0.39, 0.29) is 12.5 Å². The van der Waals surface area contributed by atoms with Crippen molar-refractivity contribution in [3.05, 3.63) is 35.1 Å². The number of likely N-dealkylation sites (tertiary alicyclic amines) is 1. The lowest BCUT2D eigenvalue weighted by atomic mass is 9.78. The third-order valence-corrected chi connectivity index (χ3v) is 7.32. The molecular formula is C21H27ClN4O2S. The average Bonchev–Trinajstić information content (AvgIpc) is 3.10. The normalized spacial score (nSPS) is 21.7. The van der Waals surface area contributed by atoms with Gasteiger partial charge in [0.25, 0.3) is 0 Å². The fraction of sp³-hybridized carbons (Fsp3) is 0.571.